The third-order valence-electron chi connectivity index (χ3n) is 2.65. The van der Waals surface area contributed by atoms with Gasteiger partial charge >= 0.3 is 0 Å². The average molecular weight is 274 g/mol. The van der Waals surface area contributed by atoms with Crippen molar-refractivity contribution in [3.63, 3.8) is 0 Å². The van der Waals surface area contributed by atoms with Crippen molar-refractivity contribution in [3.8, 4) is 0 Å². The van der Waals surface area contributed by atoms with E-state index in [2.05, 4.69) is 20.8 Å². The molecule has 4 heteroatoms. The molecule has 1 aromatic carbocycles. The van der Waals surface area contributed by atoms with Gasteiger partial charge in [0.1, 0.15) is 5.82 Å². The van der Waals surface area contributed by atoms with E-state index in [1.54, 1.807) is 19.2 Å². The van der Waals surface area contributed by atoms with Crippen LogP contribution in [0.3, 0.4) is 0 Å². The number of methoxy groups -OCH3 is 1. The van der Waals surface area contributed by atoms with Gasteiger partial charge in [0, 0.05) is 26.7 Å². The first-order valence-electron chi connectivity index (χ1n) is 4.88. The lowest BCUT2D eigenvalue weighted by Gasteiger charge is -2.38. The molecule has 2 rings (SSSR count). The summed E-state index contributed by atoms with van der Waals surface area (Å²) >= 11 is 3.14. The van der Waals surface area contributed by atoms with Crippen molar-refractivity contribution in [1.29, 1.82) is 0 Å². The normalized spacial score (nSPS) is 17.8. The molecule has 0 amide bonds. The number of halogens is 2. The van der Waals surface area contributed by atoms with Gasteiger partial charge in [-0.2, -0.15) is 0 Å². The minimum absolute atomic E-state index is 0.198. The SMILES string of the molecule is COC1CN(Cc2ccc(Br)c(F)c2)C1. The second kappa shape index (κ2) is 4.60. The Labute approximate surface area is 97.2 Å². The van der Waals surface area contributed by atoms with Crippen LogP contribution in [0.5, 0.6) is 0 Å². The summed E-state index contributed by atoms with van der Waals surface area (Å²) in [5.74, 6) is -0.198. The third kappa shape index (κ3) is 2.56. The van der Waals surface area contributed by atoms with Gasteiger partial charge in [-0.15, -0.1) is 0 Å². The monoisotopic (exact) mass is 273 g/mol. The quantitative estimate of drug-likeness (QED) is 0.839. The van der Waals surface area contributed by atoms with Crippen molar-refractivity contribution < 1.29 is 9.13 Å². The van der Waals surface area contributed by atoms with Gasteiger partial charge in [0.05, 0.1) is 10.6 Å². The van der Waals surface area contributed by atoms with E-state index in [1.807, 2.05) is 6.07 Å². The van der Waals surface area contributed by atoms with E-state index in [-0.39, 0.29) is 5.82 Å². The van der Waals surface area contributed by atoms with Gasteiger partial charge in [-0.3, -0.25) is 4.90 Å². The molecule has 0 N–H and O–H groups in total. The summed E-state index contributed by atoms with van der Waals surface area (Å²) in [5, 5.41) is 0. The van der Waals surface area contributed by atoms with Crippen molar-refractivity contribution >= 4 is 15.9 Å². The second-order valence-corrected chi connectivity index (χ2v) is 4.65. The zero-order valence-corrected chi connectivity index (χ0v) is 10.1. The predicted molar refractivity (Wildman–Crippen MR) is 60.2 cm³/mol. The summed E-state index contributed by atoms with van der Waals surface area (Å²) in [6.45, 7) is 2.67. The maximum atomic E-state index is 13.2. The van der Waals surface area contributed by atoms with Crippen LogP contribution in [0.15, 0.2) is 22.7 Å². The van der Waals surface area contributed by atoms with Gasteiger partial charge in [0.2, 0.25) is 0 Å². The van der Waals surface area contributed by atoms with Crippen LogP contribution in [0.1, 0.15) is 5.56 Å². The molecule has 2 nitrogen and oxygen atoms in total. The summed E-state index contributed by atoms with van der Waals surface area (Å²) in [6, 6.07) is 5.26. The molecule has 0 saturated carbocycles. The van der Waals surface area contributed by atoms with Crippen LogP contribution in [0.2, 0.25) is 0 Å². The number of rotatable bonds is 3. The Bertz CT molecular complexity index is 352. The lowest BCUT2D eigenvalue weighted by Crippen LogP contribution is -2.50. The van der Waals surface area contributed by atoms with Gasteiger partial charge in [0.25, 0.3) is 0 Å². The van der Waals surface area contributed by atoms with Crippen molar-refractivity contribution in [2.75, 3.05) is 20.2 Å². The number of likely N-dealkylation sites (tertiary alicyclic amines) is 1. The van der Waals surface area contributed by atoms with E-state index in [1.165, 1.54) is 0 Å². The van der Waals surface area contributed by atoms with E-state index in [9.17, 15) is 4.39 Å². The van der Waals surface area contributed by atoms with E-state index < -0.39 is 0 Å². The highest BCUT2D eigenvalue weighted by Gasteiger charge is 2.25. The Morgan fingerprint density at radius 1 is 1.53 bits per heavy atom. The summed E-state index contributed by atoms with van der Waals surface area (Å²) in [6.07, 6.45) is 0.352. The molecule has 1 aromatic rings. The molecule has 1 saturated heterocycles. The highest BCUT2D eigenvalue weighted by atomic mass is 79.9. The second-order valence-electron chi connectivity index (χ2n) is 3.80. The predicted octanol–water partition coefficient (Wildman–Crippen LogP) is 2.42. The number of nitrogens with zero attached hydrogens (tertiary/aromatic N) is 1. The fourth-order valence-electron chi connectivity index (χ4n) is 1.70. The first kappa shape index (κ1) is 11.0. The maximum absolute atomic E-state index is 13.2. The van der Waals surface area contributed by atoms with E-state index >= 15 is 0 Å². The zero-order chi connectivity index (χ0) is 10.8. The molecule has 1 aliphatic heterocycles. The van der Waals surface area contributed by atoms with Gasteiger partial charge < -0.3 is 4.74 Å². The zero-order valence-electron chi connectivity index (χ0n) is 8.54. The van der Waals surface area contributed by atoms with Crippen molar-refractivity contribution in [2.24, 2.45) is 0 Å². The molecule has 0 radical (unpaired) electrons. The molecule has 1 fully saturated rings. The molecule has 0 spiro atoms. The topological polar surface area (TPSA) is 12.5 Å². The van der Waals surface area contributed by atoms with Crippen LogP contribution in [0.4, 0.5) is 4.39 Å². The van der Waals surface area contributed by atoms with Crippen LogP contribution in [-0.4, -0.2) is 31.2 Å². The molecule has 0 atom stereocenters. The Morgan fingerprint density at radius 3 is 2.87 bits per heavy atom. The molecular formula is C11H13BrFNO. The summed E-state index contributed by atoms with van der Waals surface area (Å²) < 4.78 is 18.9. The molecular weight excluding hydrogens is 261 g/mol. The molecule has 0 aliphatic carbocycles. The van der Waals surface area contributed by atoms with Crippen molar-refractivity contribution in [1.82, 2.24) is 4.90 Å². The van der Waals surface area contributed by atoms with Crippen LogP contribution in [0, 0.1) is 5.82 Å². The number of benzene rings is 1. The molecule has 0 unspecified atom stereocenters. The largest absolute Gasteiger partial charge is 0.379 e. The van der Waals surface area contributed by atoms with Crippen molar-refractivity contribution in [2.45, 2.75) is 12.6 Å². The average Bonchev–Trinajstić information content (AvgIpc) is 2.16. The van der Waals surface area contributed by atoms with Crippen molar-refractivity contribution in [3.05, 3.63) is 34.1 Å². The van der Waals surface area contributed by atoms with E-state index in [0.29, 0.717) is 10.6 Å². The van der Waals surface area contributed by atoms with Crippen LogP contribution >= 0.6 is 15.9 Å². The molecule has 1 heterocycles. The first-order chi connectivity index (χ1) is 7.19. The lowest BCUT2D eigenvalue weighted by atomic mass is 10.1. The van der Waals surface area contributed by atoms with Gasteiger partial charge in [-0.25, -0.2) is 4.39 Å². The van der Waals surface area contributed by atoms with E-state index in [4.69, 9.17) is 4.74 Å². The van der Waals surface area contributed by atoms with Gasteiger partial charge in [0.15, 0.2) is 0 Å². The Morgan fingerprint density at radius 2 is 2.27 bits per heavy atom. The Balaban J connectivity index is 1.92. The Hall–Kier alpha value is -0.450. The summed E-state index contributed by atoms with van der Waals surface area (Å²) in [7, 11) is 1.72. The minimum Gasteiger partial charge on any atom is -0.379 e. The number of hydrogen-bond donors (Lipinski definition) is 0. The summed E-state index contributed by atoms with van der Waals surface area (Å²) in [4.78, 5) is 2.23. The molecule has 82 valence electrons. The van der Waals surface area contributed by atoms with Crippen LogP contribution < -0.4 is 0 Å². The van der Waals surface area contributed by atoms with Crippen LogP contribution in [0.25, 0.3) is 0 Å². The van der Waals surface area contributed by atoms with Crippen LogP contribution in [-0.2, 0) is 11.3 Å². The fourth-order valence-corrected chi connectivity index (χ4v) is 1.94. The van der Waals surface area contributed by atoms with E-state index in [0.717, 1.165) is 25.2 Å². The summed E-state index contributed by atoms with van der Waals surface area (Å²) in [5.41, 5.74) is 1.00. The smallest absolute Gasteiger partial charge is 0.137 e. The number of hydrogen-bond acceptors (Lipinski definition) is 2. The molecule has 1 aliphatic rings. The minimum atomic E-state index is -0.198. The maximum Gasteiger partial charge on any atom is 0.137 e. The lowest BCUT2D eigenvalue weighted by molar-refractivity contribution is -0.0334. The Kier molecular flexibility index (Phi) is 3.38. The first-order valence-corrected chi connectivity index (χ1v) is 5.67. The van der Waals surface area contributed by atoms with Gasteiger partial charge in [-0.05, 0) is 33.6 Å². The highest BCUT2D eigenvalue weighted by Crippen LogP contribution is 2.19. The molecule has 0 aromatic heterocycles. The standard InChI is InChI=1S/C11H13BrFNO/c1-15-9-6-14(7-9)5-8-2-3-10(12)11(13)4-8/h2-4,9H,5-7H2,1H3. The molecule has 15 heavy (non-hydrogen) atoms. The number of ether oxygens (including phenoxy) is 1. The highest BCUT2D eigenvalue weighted by molar-refractivity contribution is 9.10. The fraction of sp³-hybridized carbons (Fsp3) is 0.455. The van der Waals surface area contributed by atoms with Gasteiger partial charge in [-0.1, -0.05) is 6.07 Å². The third-order valence-corrected chi connectivity index (χ3v) is 3.29. The molecule has 0 bridgehead atoms.